The molecule has 1 aliphatic heterocycles. The van der Waals surface area contributed by atoms with E-state index in [9.17, 15) is 4.79 Å². The highest BCUT2D eigenvalue weighted by Crippen LogP contribution is 2.29. The van der Waals surface area contributed by atoms with E-state index < -0.39 is 0 Å². The highest BCUT2D eigenvalue weighted by molar-refractivity contribution is 6.32. The second-order valence-electron chi connectivity index (χ2n) is 6.27. The molecule has 0 radical (unpaired) electrons. The molecule has 1 N–H and O–H groups in total. The smallest absolute Gasteiger partial charge is 0.238 e. The molecule has 0 aliphatic carbocycles. The van der Waals surface area contributed by atoms with Crippen LogP contribution < -0.4 is 5.32 Å². The number of amides is 1. The summed E-state index contributed by atoms with van der Waals surface area (Å²) < 4.78 is 5.71. The molecule has 2 rings (SSSR count). The fourth-order valence-electron chi connectivity index (χ4n) is 3.26. The maximum absolute atomic E-state index is 12.5. The van der Waals surface area contributed by atoms with Crippen LogP contribution in [0.2, 0.25) is 5.02 Å². The molecule has 0 bridgehead atoms. The summed E-state index contributed by atoms with van der Waals surface area (Å²) >= 11 is 6.29. The number of hydrogen-bond donors (Lipinski definition) is 1. The Bertz CT molecular complexity index is 552. The van der Waals surface area contributed by atoms with Gasteiger partial charge in [0.15, 0.2) is 0 Å². The van der Waals surface area contributed by atoms with Gasteiger partial charge in [-0.2, -0.15) is 0 Å². The van der Waals surface area contributed by atoms with Crippen molar-refractivity contribution in [1.82, 2.24) is 4.90 Å². The number of halogens is 1. The number of nitrogens with one attached hydrogen (secondary N) is 1. The first kappa shape index (κ1) is 18.2. The van der Waals surface area contributed by atoms with Crippen LogP contribution in [0.4, 0.5) is 5.69 Å². The molecule has 1 saturated heterocycles. The molecule has 0 spiro atoms. The monoisotopic (exact) mass is 338 g/mol. The van der Waals surface area contributed by atoms with Crippen LogP contribution in [0.3, 0.4) is 0 Å². The zero-order valence-corrected chi connectivity index (χ0v) is 15.2. The number of anilines is 1. The van der Waals surface area contributed by atoms with E-state index in [1.54, 1.807) is 0 Å². The standard InChI is InChI=1S/C18H27ClN2O2/c1-5-14-7-8-16(19)15(6-2)18(14)20-17(22)11-21-9-12(3)23-13(4)10-21/h7-8,12-13H,5-6,9-11H2,1-4H3,(H,20,22). The third kappa shape index (κ3) is 4.69. The molecule has 2 unspecified atom stereocenters. The van der Waals surface area contributed by atoms with E-state index in [1.807, 2.05) is 26.0 Å². The van der Waals surface area contributed by atoms with E-state index in [2.05, 4.69) is 24.1 Å². The predicted molar refractivity (Wildman–Crippen MR) is 95.3 cm³/mol. The average Bonchev–Trinajstić information content (AvgIpc) is 2.46. The normalized spacial score (nSPS) is 22.1. The van der Waals surface area contributed by atoms with Crippen molar-refractivity contribution >= 4 is 23.2 Å². The summed E-state index contributed by atoms with van der Waals surface area (Å²) in [5, 5.41) is 3.81. The van der Waals surface area contributed by atoms with Gasteiger partial charge < -0.3 is 10.1 Å². The molecular weight excluding hydrogens is 312 g/mol. The number of benzene rings is 1. The second-order valence-corrected chi connectivity index (χ2v) is 6.67. The van der Waals surface area contributed by atoms with Crippen molar-refractivity contribution < 1.29 is 9.53 Å². The van der Waals surface area contributed by atoms with Crippen LogP contribution in [-0.4, -0.2) is 42.6 Å². The Morgan fingerprint density at radius 2 is 1.91 bits per heavy atom. The summed E-state index contributed by atoms with van der Waals surface area (Å²) in [7, 11) is 0. The van der Waals surface area contributed by atoms with Crippen LogP contribution in [0.5, 0.6) is 0 Å². The Kier molecular flexibility index (Phi) is 6.45. The number of ether oxygens (including phenoxy) is 1. The molecule has 0 aromatic heterocycles. The van der Waals surface area contributed by atoms with Gasteiger partial charge in [-0.15, -0.1) is 0 Å². The third-order valence-electron chi connectivity index (χ3n) is 4.20. The molecule has 1 aromatic rings. The number of carbonyl (C=O) groups excluding carboxylic acids is 1. The molecule has 1 aromatic carbocycles. The Labute approximate surface area is 144 Å². The van der Waals surface area contributed by atoms with E-state index in [-0.39, 0.29) is 18.1 Å². The van der Waals surface area contributed by atoms with Gasteiger partial charge in [0.05, 0.1) is 18.8 Å². The van der Waals surface area contributed by atoms with Crippen LogP contribution in [-0.2, 0) is 22.4 Å². The Morgan fingerprint density at radius 1 is 1.26 bits per heavy atom. The van der Waals surface area contributed by atoms with E-state index >= 15 is 0 Å². The lowest BCUT2D eigenvalue weighted by Crippen LogP contribution is -2.48. The maximum Gasteiger partial charge on any atom is 0.238 e. The molecule has 1 fully saturated rings. The number of nitrogens with zero attached hydrogens (tertiary/aromatic N) is 1. The van der Waals surface area contributed by atoms with E-state index in [0.717, 1.165) is 42.7 Å². The fourth-order valence-corrected chi connectivity index (χ4v) is 3.55. The lowest BCUT2D eigenvalue weighted by Gasteiger charge is -2.34. The summed E-state index contributed by atoms with van der Waals surface area (Å²) in [6.45, 7) is 10.2. The molecule has 4 nitrogen and oxygen atoms in total. The third-order valence-corrected chi connectivity index (χ3v) is 4.56. The van der Waals surface area contributed by atoms with Crippen LogP contribution in [0.15, 0.2) is 12.1 Å². The Balaban J connectivity index is 2.09. The van der Waals surface area contributed by atoms with Gasteiger partial charge in [0.2, 0.25) is 5.91 Å². The van der Waals surface area contributed by atoms with Gasteiger partial charge in [0.1, 0.15) is 0 Å². The number of rotatable bonds is 5. The zero-order chi connectivity index (χ0) is 17.0. The molecule has 1 aliphatic rings. The topological polar surface area (TPSA) is 41.6 Å². The SMILES string of the molecule is CCc1ccc(Cl)c(CC)c1NC(=O)CN1CC(C)OC(C)C1. The minimum Gasteiger partial charge on any atom is -0.373 e. The van der Waals surface area contributed by atoms with E-state index in [0.29, 0.717) is 11.6 Å². The van der Waals surface area contributed by atoms with Crippen molar-refractivity contribution in [2.45, 2.75) is 52.7 Å². The van der Waals surface area contributed by atoms with Crippen LogP contribution >= 0.6 is 11.6 Å². The van der Waals surface area contributed by atoms with Crippen molar-refractivity contribution in [3.05, 3.63) is 28.3 Å². The largest absolute Gasteiger partial charge is 0.373 e. The molecule has 1 amide bonds. The zero-order valence-electron chi connectivity index (χ0n) is 14.5. The van der Waals surface area contributed by atoms with Crippen LogP contribution in [0.25, 0.3) is 0 Å². The highest BCUT2D eigenvalue weighted by atomic mass is 35.5. The average molecular weight is 339 g/mol. The van der Waals surface area contributed by atoms with Gasteiger partial charge >= 0.3 is 0 Å². The molecule has 128 valence electrons. The molecule has 1 heterocycles. The van der Waals surface area contributed by atoms with Crippen LogP contribution in [0.1, 0.15) is 38.8 Å². The van der Waals surface area contributed by atoms with Crippen LogP contribution in [0, 0.1) is 0 Å². The van der Waals surface area contributed by atoms with Gasteiger partial charge in [0, 0.05) is 23.8 Å². The first-order valence-electron chi connectivity index (χ1n) is 8.42. The highest BCUT2D eigenvalue weighted by Gasteiger charge is 2.24. The van der Waals surface area contributed by atoms with Crippen molar-refractivity contribution in [3.8, 4) is 0 Å². The van der Waals surface area contributed by atoms with Crippen molar-refractivity contribution in [2.24, 2.45) is 0 Å². The summed E-state index contributed by atoms with van der Waals surface area (Å²) in [5.41, 5.74) is 3.04. The maximum atomic E-state index is 12.5. The lowest BCUT2D eigenvalue weighted by molar-refractivity contribution is -0.121. The minimum atomic E-state index is 0.0120. The van der Waals surface area contributed by atoms with E-state index in [1.165, 1.54) is 0 Å². The predicted octanol–water partition coefficient (Wildman–Crippen LogP) is 3.51. The second kappa shape index (κ2) is 8.13. The Morgan fingerprint density at radius 3 is 2.48 bits per heavy atom. The first-order valence-corrected chi connectivity index (χ1v) is 8.80. The summed E-state index contributed by atoms with van der Waals surface area (Å²) in [6, 6.07) is 3.91. The quantitative estimate of drug-likeness (QED) is 0.893. The fraction of sp³-hybridized carbons (Fsp3) is 0.611. The first-order chi connectivity index (χ1) is 10.9. The molecule has 5 heteroatoms. The van der Waals surface area contributed by atoms with Gasteiger partial charge in [-0.1, -0.05) is 31.5 Å². The van der Waals surface area contributed by atoms with Gasteiger partial charge in [-0.25, -0.2) is 0 Å². The molecule has 23 heavy (non-hydrogen) atoms. The van der Waals surface area contributed by atoms with Crippen molar-refractivity contribution in [2.75, 3.05) is 25.0 Å². The van der Waals surface area contributed by atoms with Crippen molar-refractivity contribution in [1.29, 1.82) is 0 Å². The summed E-state index contributed by atoms with van der Waals surface area (Å²) in [6.07, 6.45) is 1.99. The number of aryl methyl sites for hydroxylation is 1. The summed E-state index contributed by atoms with van der Waals surface area (Å²) in [5.74, 6) is 0.0120. The minimum absolute atomic E-state index is 0.0120. The van der Waals surface area contributed by atoms with Gasteiger partial charge in [-0.3, -0.25) is 9.69 Å². The lowest BCUT2D eigenvalue weighted by atomic mass is 10.0. The molecule has 2 atom stereocenters. The van der Waals surface area contributed by atoms with Gasteiger partial charge in [0.25, 0.3) is 0 Å². The number of hydrogen-bond acceptors (Lipinski definition) is 3. The number of carbonyl (C=O) groups is 1. The van der Waals surface area contributed by atoms with Gasteiger partial charge in [-0.05, 0) is 43.9 Å². The molecule has 0 saturated carbocycles. The van der Waals surface area contributed by atoms with E-state index in [4.69, 9.17) is 16.3 Å². The van der Waals surface area contributed by atoms with Crippen molar-refractivity contribution in [3.63, 3.8) is 0 Å². The summed E-state index contributed by atoms with van der Waals surface area (Å²) in [4.78, 5) is 14.7. The number of morpholine rings is 1. The Hall–Kier alpha value is -1.10. The molecular formula is C18H27ClN2O2.